The smallest absolute Gasteiger partial charge is 0.237 e. The summed E-state index contributed by atoms with van der Waals surface area (Å²) in [5, 5.41) is 3.23. The zero-order chi connectivity index (χ0) is 13.7. The summed E-state index contributed by atoms with van der Waals surface area (Å²) in [6, 6.07) is 7.16. The van der Waals surface area contributed by atoms with Crippen LogP contribution in [0.3, 0.4) is 0 Å². The summed E-state index contributed by atoms with van der Waals surface area (Å²) < 4.78 is 0. The average molecular weight is 274 g/mol. The first-order valence-electron chi connectivity index (χ1n) is 5.75. The SMILES string of the molecule is CC(Sc1cnccn1)C(=O)Nc1ccccc1N. The predicted molar refractivity (Wildman–Crippen MR) is 76.8 cm³/mol. The molecule has 2 rings (SSSR count). The molecule has 1 atom stereocenters. The van der Waals surface area contributed by atoms with Crippen LogP contribution in [0.2, 0.25) is 0 Å². The highest BCUT2D eigenvalue weighted by molar-refractivity contribution is 8.00. The van der Waals surface area contributed by atoms with Crippen LogP contribution in [0.25, 0.3) is 0 Å². The highest BCUT2D eigenvalue weighted by Crippen LogP contribution is 2.23. The second kappa shape index (κ2) is 6.19. The van der Waals surface area contributed by atoms with Crippen molar-refractivity contribution in [3.05, 3.63) is 42.9 Å². The van der Waals surface area contributed by atoms with Gasteiger partial charge in [-0.1, -0.05) is 23.9 Å². The topological polar surface area (TPSA) is 80.9 Å². The van der Waals surface area contributed by atoms with Crippen LogP contribution < -0.4 is 11.1 Å². The molecule has 1 amide bonds. The summed E-state index contributed by atoms with van der Waals surface area (Å²) in [5.41, 5.74) is 6.95. The molecule has 98 valence electrons. The Bertz CT molecular complexity index is 562. The number of para-hydroxylation sites is 2. The molecule has 0 aliphatic rings. The number of amides is 1. The number of thioether (sulfide) groups is 1. The Morgan fingerprint density at radius 3 is 2.84 bits per heavy atom. The van der Waals surface area contributed by atoms with E-state index in [9.17, 15) is 4.79 Å². The monoisotopic (exact) mass is 274 g/mol. The van der Waals surface area contributed by atoms with Gasteiger partial charge in [-0.2, -0.15) is 0 Å². The van der Waals surface area contributed by atoms with Crippen LogP contribution in [0.1, 0.15) is 6.92 Å². The minimum atomic E-state index is -0.281. The molecule has 19 heavy (non-hydrogen) atoms. The molecule has 1 aromatic heterocycles. The van der Waals surface area contributed by atoms with Gasteiger partial charge in [0.15, 0.2) is 0 Å². The molecule has 0 radical (unpaired) electrons. The van der Waals surface area contributed by atoms with Crippen molar-refractivity contribution >= 4 is 29.0 Å². The summed E-state index contributed by atoms with van der Waals surface area (Å²) in [5.74, 6) is -0.117. The molecule has 0 aliphatic carbocycles. The van der Waals surface area contributed by atoms with Crippen LogP contribution in [-0.4, -0.2) is 21.1 Å². The molecular weight excluding hydrogens is 260 g/mol. The Morgan fingerprint density at radius 2 is 2.16 bits per heavy atom. The molecule has 0 spiro atoms. The van der Waals surface area contributed by atoms with Crippen LogP contribution in [0.15, 0.2) is 47.9 Å². The summed E-state index contributed by atoms with van der Waals surface area (Å²) in [6.45, 7) is 1.81. The maximum absolute atomic E-state index is 12.0. The molecule has 0 saturated heterocycles. The summed E-state index contributed by atoms with van der Waals surface area (Å²) in [6.07, 6.45) is 4.83. The van der Waals surface area contributed by atoms with Crippen molar-refractivity contribution in [1.82, 2.24) is 9.97 Å². The zero-order valence-corrected chi connectivity index (χ0v) is 11.2. The third-order valence-electron chi connectivity index (χ3n) is 2.42. The maximum Gasteiger partial charge on any atom is 0.237 e. The fourth-order valence-corrected chi connectivity index (χ4v) is 2.20. The third kappa shape index (κ3) is 3.69. The lowest BCUT2D eigenvalue weighted by molar-refractivity contribution is -0.115. The molecule has 5 nitrogen and oxygen atoms in total. The molecule has 0 aliphatic heterocycles. The number of carbonyl (C=O) groups excluding carboxylic acids is 1. The molecule has 0 saturated carbocycles. The Labute approximate surface area is 115 Å². The predicted octanol–water partition coefficient (Wildman–Crippen LogP) is 2.18. The number of rotatable bonds is 4. The summed E-state index contributed by atoms with van der Waals surface area (Å²) in [4.78, 5) is 20.1. The lowest BCUT2D eigenvalue weighted by atomic mass is 10.2. The second-order valence-corrected chi connectivity index (χ2v) is 5.24. The van der Waals surface area contributed by atoms with Gasteiger partial charge in [0, 0.05) is 12.4 Å². The van der Waals surface area contributed by atoms with Gasteiger partial charge in [-0.15, -0.1) is 0 Å². The average Bonchev–Trinajstić information content (AvgIpc) is 2.42. The number of nitrogen functional groups attached to an aromatic ring is 1. The molecule has 1 heterocycles. The van der Waals surface area contributed by atoms with Crippen molar-refractivity contribution in [3.63, 3.8) is 0 Å². The summed E-state index contributed by atoms with van der Waals surface area (Å²) in [7, 11) is 0. The summed E-state index contributed by atoms with van der Waals surface area (Å²) >= 11 is 1.35. The fourth-order valence-electron chi connectivity index (χ4n) is 1.43. The van der Waals surface area contributed by atoms with Gasteiger partial charge in [0.2, 0.25) is 5.91 Å². The van der Waals surface area contributed by atoms with Gasteiger partial charge in [0.05, 0.1) is 22.8 Å². The number of nitrogens with two attached hydrogens (primary N) is 1. The van der Waals surface area contributed by atoms with E-state index in [1.807, 2.05) is 19.1 Å². The van der Waals surface area contributed by atoms with E-state index in [4.69, 9.17) is 5.73 Å². The first-order chi connectivity index (χ1) is 9.16. The minimum absolute atomic E-state index is 0.117. The normalized spacial score (nSPS) is 11.8. The number of hydrogen-bond donors (Lipinski definition) is 2. The van der Waals surface area contributed by atoms with Crippen LogP contribution in [0.4, 0.5) is 11.4 Å². The van der Waals surface area contributed by atoms with E-state index in [1.165, 1.54) is 11.8 Å². The van der Waals surface area contributed by atoms with Gasteiger partial charge in [-0.05, 0) is 19.1 Å². The van der Waals surface area contributed by atoms with E-state index in [0.29, 0.717) is 16.4 Å². The fraction of sp³-hybridized carbons (Fsp3) is 0.154. The van der Waals surface area contributed by atoms with Crippen LogP contribution >= 0.6 is 11.8 Å². The number of carbonyl (C=O) groups is 1. The first kappa shape index (κ1) is 13.4. The van der Waals surface area contributed by atoms with Gasteiger partial charge in [0.25, 0.3) is 0 Å². The van der Waals surface area contributed by atoms with Crippen LogP contribution in [0, 0.1) is 0 Å². The van der Waals surface area contributed by atoms with Gasteiger partial charge in [-0.3, -0.25) is 9.78 Å². The standard InChI is InChI=1S/C13H14N4OS/c1-9(19-12-8-15-6-7-16-12)13(18)17-11-5-3-2-4-10(11)14/h2-9H,14H2,1H3,(H,17,18). The van der Waals surface area contributed by atoms with Gasteiger partial charge in [-0.25, -0.2) is 4.98 Å². The second-order valence-electron chi connectivity index (χ2n) is 3.88. The zero-order valence-electron chi connectivity index (χ0n) is 10.4. The van der Waals surface area contributed by atoms with E-state index < -0.39 is 0 Å². The molecule has 0 bridgehead atoms. The number of hydrogen-bond acceptors (Lipinski definition) is 5. The Balaban J connectivity index is 1.99. The quantitative estimate of drug-likeness (QED) is 0.659. The van der Waals surface area contributed by atoms with E-state index in [2.05, 4.69) is 15.3 Å². The number of aromatic nitrogens is 2. The largest absolute Gasteiger partial charge is 0.397 e. The Morgan fingerprint density at radius 1 is 1.37 bits per heavy atom. The number of nitrogens with zero attached hydrogens (tertiary/aromatic N) is 2. The Hall–Kier alpha value is -2.08. The van der Waals surface area contributed by atoms with E-state index >= 15 is 0 Å². The molecular formula is C13H14N4OS. The first-order valence-corrected chi connectivity index (χ1v) is 6.63. The van der Waals surface area contributed by atoms with Crippen LogP contribution in [0.5, 0.6) is 0 Å². The van der Waals surface area contributed by atoms with Crippen molar-refractivity contribution in [2.24, 2.45) is 0 Å². The van der Waals surface area contributed by atoms with Crippen molar-refractivity contribution in [1.29, 1.82) is 0 Å². The van der Waals surface area contributed by atoms with E-state index in [1.54, 1.807) is 30.7 Å². The molecule has 1 unspecified atom stereocenters. The highest BCUT2D eigenvalue weighted by Gasteiger charge is 2.15. The van der Waals surface area contributed by atoms with E-state index in [-0.39, 0.29) is 11.2 Å². The lowest BCUT2D eigenvalue weighted by Gasteiger charge is -2.12. The Kier molecular flexibility index (Phi) is 4.35. The van der Waals surface area contributed by atoms with Crippen molar-refractivity contribution in [2.45, 2.75) is 17.2 Å². The maximum atomic E-state index is 12.0. The minimum Gasteiger partial charge on any atom is -0.397 e. The van der Waals surface area contributed by atoms with Gasteiger partial charge >= 0.3 is 0 Å². The molecule has 3 N–H and O–H groups in total. The molecule has 6 heteroatoms. The van der Waals surface area contributed by atoms with Gasteiger partial charge < -0.3 is 11.1 Å². The van der Waals surface area contributed by atoms with Crippen molar-refractivity contribution in [2.75, 3.05) is 11.1 Å². The van der Waals surface area contributed by atoms with E-state index in [0.717, 1.165) is 0 Å². The molecule has 2 aromatic rings. The molecule has 0 fully saturated rings. The number of anilines is 2. The van der Waals surface area contributed by atoms with Crippen molar-refractivity contribution < 1.29 is 4.79 Å². The highest BCUT2D eigenvalue weighted by atomic mass is 32.2. The third-order valence-corrected chi connectivity index (χ3v) is 3.44. The number of benzene rings is 1. The molecule has 1 aromatic carbocycles. The van der Waals surface area contributed by atoms with Crippen LogP contribution in [-0.2, 0) is 4.79 Å². The van der Waals surface area contributed by atoms with Crippen molar-refractivity contribution in [3.8, 4) is 0 Å². The lowest BCUT2D eigenvalue weighted by Crippen LogP contribution is -2.23. The van der Waals surface area contributed by atoms with Gasteiger partial charge in [0.1, 0.15) is 5.03 Å². The number of nitrogens with one attached hydrogen (secondary N) is 1.